The second kappa shape index (κ2) is 19.4. The summed E-state index contributed by atoms with van der Waals surface area (Å²) in [5.74, 6) is -0.584. The van der Waals surface area contributed by atoms with Crippen LogP contribution in [0.1, 0.15) is 86.6 Å². The second-order valence-corrected chi connectivity index (χ2v) is 14.9. The smallest absolute Gasteiger partial charge is 0.331 e. The van der Waals surface area contributed by atoms with E-state index in [0.717, 1.165) is 18.4 Å². The highest BCUT2D eigenvalue weighted by Crippen LogP contribution is 2.33. The fraction of sp³-hybridized carbons (Fsp3) is 0.595. The van der Waals surface area contributed by atoms with Gasteiger partial charge in [-0.2, -0.15) is 0 Å². The minimum absolute atomic E-state index is 0.0622. The average molecular weight is 679 g/mol. The number of phenols is 1. The summed E-state index contributed by atoms with van der Waals surface area (Å²) in [5, 5.41) is 21.1. The first kappa shape index (κ1) is 40.5. The van der Waals surface area contributed by atoms with Crippen molar-refractivity contribution in [2.45, 2.75) is 124 Å². The lowest BCUT2D eigenvalue weighted by atomic mass is 9.82. The Hall–Kier alpha value is -2.97. The molecule has 11 atom stereocenters. The number of carbonyl (C=O) groups excluding carboxylic acids is 1. The highest BCUT2D eigenvalue weighted by atomic mass is 16.7. The third-order valence-corrected chi connectivity index (χ3v) is 9.94. The van der Waals surface area contributed by atoms with Gasteiger partial charge in [-0.15, -0.1) is 0 Å². The average Bonchev–Trinajstić information content (AvgIpc) is 3.05. The van der Waals surface area contributed by atoms with Gasteiger partial charge in [0.1, 0.15) is 11.9 Å². The molecule has 3 rings (SSSR count). The molecule has 0 aromatic heterocycles. The standard InChI is InChI=1S/C42H62O7/c1-10-11-14-30(4)41-33(7)37(44)24-17-28(2)25-32(6)40(46-27-34-19-21-35(43)22-20-34)31(5)18-23-36-26-38(49-42(8,9)48-36)29(3)15-12-13-16-39(45)47-41/h10-16,18-23,28-33,36-38,40-41,43-44H,1,17,24-27H2,2-9H3/b14-11-,15-12+,16-13-,23-18-/t28-,29+,30-,31-,32-,33-,36+,37+,38-,40-,41-/m0/s1. The van der Waals surface area contributed by atoms with Gasteiger partial charge in [0.2, 0.25) is 0 Å². The molecule has 0 aliphatic carbocycles. The highest BCUT2D eigenvalue weighted by Gasteiger charge is 2.37. The van der Waals surface area contributed by atoms with E-state index in [1.165, 1.54) is 6.08 Å². The Balaban J connectivity index is 1.91. The highest BCUT2D eigenvalue weighted by molar-refractivity contribution is 5.82. The number of ether oxygens (including phenoxy) is 4. The number of hydrogen-bond acceptors (Lipinski definition) is 7. The van der Waals surface area contributed by atoms with E-state index in [0.29, 0.717) is 25.4 Å². The number of hydrogen-bond donors (Lipinski definition) is 2. The quantitative estimate of drug-likeness (QED) is 0.176. The lowest BCUT2D eigenvalue weighted by molar-refractivity contribution is -0.295. The fourth-order valence-electron chi connectivity index (χ4n) is 7.10. The number of esters is 1. The molecular formula is C42H62O7. The minimum Gasteiger partial charge on any atom is -0.508 e. The number of aromatic hydroxyl groups is 1. The van der Waals surface area contributed by atoms with Crippen molar-refractivity contribution < 1.29 is 34.0 Å². The van der Waals surface area contributed by atoms with E-state index < -0.39 is 24.0 Å². The third kappa shape index (κ3) is 13.3. The molecule has 0 saturated carbocycles. The van der Waals surface area contributed by atoms with E-state index >= 15 is 0 Å². The van der Waals surface area contributed by atoms with Gasteiger partial charge < -0.3 is 29.2 Å². The summed E-state index contributed by atoms with van der Waals surface area (Å²) >= 11 is 0. The van der Waals surface area contributed by atoms with Crippen LogP contribution in [0.3, 0.4) is 0 Å². The van der Waals surface area contributed by atoms with E-state index in [2.05, 4.69) is 46.4 Å². The van der Waals surface area contributed by atoms with Gasteiger partial charge in [0.05, 0.1) is 31.0 Å². The molecule has 1 fully saturated rings. The molecule has 2 bridgehead atoms. The molecular weight excluding hydrogens is 616 g/mol. The van der Waals surface area contributed by atoms with Crippen molar-refractivity contribution in [3.8, 4) is 5.75 Å². The van der Waals surface area contributed by atoms with Crippen molar-refractivity contribution in [2.24, 2.45) is 35.5 Å². The number of allylic oxidation sites excluding steroid dienone is 4. The van der Waals surface area contributed by atoms with Crippen LogP contribution in [0.15, 0.2) is 85.5 Å². The van der Waals surface area contributed by atoms with Crippen LogP contribution in [0.2, 0.25) is 0 Å². The van der Waals surface area contributed by atoms with Crippen molar-refractivity contribution in [1.29, 1.82) is 0 Å². The Morgan fingerprint density at radius 2 is 1.69 bits per heavy atom. The summed E-state index contributed by atoms with van der Waals surface area (Å²) in [4.78, 5) is 13.0. The molecule has 0 spiro atoms. The largest absolute Gasteiger partial charge is 0.508 e. The van der Waals surface area contributed by atoms with Gasteiger partial charge >= 0.3 is 5.97 Å². The van der Waals surface area contributed by atoms with Gasteiger partial charge in [-0.3, -0.25) is 0 Å². The molecule has 2 aliphatic heterocycles. The van der Waals surface area contributed by atoms with Crippen LogP contribution < -0.4 is 0 Å². The van der Waals surface area contributed by atoms with Crippen LogP contribution in [0.4, 0.5) is 0 Å². The normalized spacial score (nSPS) is 36.4. The van der Waals surface area contributed by atoms with E-state index in [9.17, 15) is 15.0 Å². The van der Waals surface area contributed by atoms with Crippen molar-refractivity contribution in [3.63, 3.8) is 0 Å². The lowest BCUT2D eigenvalue weighted by Gasteiger charge is -2.41. The van der Waals surface area contributed by atoms with Gasteiger partial charge in [-0.05, 0) is 62.6 Å². The number of aliphatic hydroxyl groups excluding tert-OH is 1. The zero-order chi connectivity index (χ0) is 36.1. The van der Waals surface area contributed by atoms with E-state index in [-0.39, 0.29) is 53.7 Å². The first-order chi connectivity index (χ1) is 23.2. The molecule has 7 heteroatoms. The molecule has 1 aromatic rings. The summed E-state index contributed by atoms with van der Waals surface area (Å²) in [7, 11) is 0. The van der Waals surface area contributed by atoms with Crippen LogP contribution in [-0.2, 0) is 30.3 Å². The summed E-state index contributed by atoms with van der Waals surface area (Å²) in [6.07, 6.45) is 18.6. The number of carbonyl (C=O) groups is 1. The number of benzene rings is 1. The molecule has 1 aromatic carbocycles. The van der Waals surface area contributed by atoms with Crippen molar-refractivity contribution >= 4 is 5.97 Å². The Morgan fingerprint density at radius 3 is 2.39 bits per heavy atom. The summed E-state index contributed by atoms with van der Waals surface area (Å²) in [6.45, 7) is 20.9. The van der Waals surface area contributed by atoms with Crippen LogP contribution >= 0.6 is 0 Å². The lowest BCUT2D eigenvalue weighted by Crippen LogP contribution is -2.46. The van der Waals surface area contributed by atoms with E-state index in [1.54, 1.807) is 24.3 Å². The summed E-state index contributed by atoms with van der Waals surface area (Å²) in [5.41, 5.74) is 1.01. The van der Waals surface area contributed by atoms with Gasteiger partial charge in [-0.1, -0.05) is 109 Å². The molecule has 0 unspecified atom stereocenters. The zero-order valence-corrected chi connectivity index (χ0v) is 31.0. The first-order valence-corrected chi connectivity index (χ1v) is 18.1. The Morgan fingerprint density at radius 1 is 0.980 bits per heavy atom. The molecule has 2 N–H and O–H groups in total. The number of phenolic OH excluding ortho intramolecular Hbond substituents is 1. The van der Waals surface area contributed by atoms with Gasteiger partial charge in [0.15, 0.2) is 5.79 Å². The van der Waals surface area contributed by atoms with Gasteiger partial charge in [-0.25, -0.2) is 4.79 Å². The molecule has 2 heterocycles. The number of fused-ring (bicyclic) bond motifs is 2. The maximum atomic E-state index is 13.0. The SMILES string of the molecule is C=C/C=C\[C@H](C)[C@@H]1OC(=O)/C=C\C=C\[C@@H](C)[C@@H]2C[C@@H](/C=C\[C@H](C)[C@H](OCc3ccc(O)cc3)[C@@H](C)C[C@@H](C)CC[C@@H](O)[C@@H]1C)OC(C)(C)O2. The summed E-state index contributed by atoms with van der Waals surface area (Å²) in [6, 6.07) is 7.16. The number of cyclic esters (lactones) is 1. The van der Waals surface area contributed by atoms with Gasteiger partial charge in [0.25, 0.3) is 0 Å². The maximum absolute atomic E-state index is 13.0. The molecule has 272 valence electrons. The van der Waals surface area contributed by atoms with Crippen molar-refractivity contribution in [2.75, 3.05) is 0 Å². The van der Waals surface area contributed by atoms with Gasteiger partial charge in [0, 0.05) is 36.2 Å². The molecule has 49 heavy (non-hydrogen) atoms. The Kier molecular flexibility index (Phi) is 16.0. The van der Waals surface area contributed by atoms with Crippen LogP contribution in [0.25, 0.3) is 0 Å². The Bertz CT molecular complexity index is 1280. The Labute approximate surface area is 295 Å². The third-order valence-electron chi connectivity index (χ3n) is 9.94. The van der Waals surface area contributed by atoms with Crippen LogP contribution in [0.5, 0.6) is 5.75 Å². The molecule has 7 nitrogen and oxygen atoms in total. The molecule has 1 saturated heterocycles. The fourth-order valence-corrected chi connectivity index (χ4v) is 7.10. The number of rotatable bonds is 6. The van der Waals surface area contributed by atoms with E-state index in [1.807, 2.05) is 64.1 Å². The predicted molar refractivity (Wildman–Crippen MR) is 197 cm³/mol. The van der Waals surface area contributed by atoms with Crippen LogP contribution in [-0.4, -0.2) is 52.5 Å². The maximum Gasteiger partial charge on any atom is 0.331 e. The van der Waals surface area contributed by atoms with E-state index in [4.69, 9.17) is 18.9 Å². The molecule has 2 aliphatic rings. The monoisotopic (exact) mass is 678 g/mol. The number of aliphatic hydroxyl groups is 1. The zero-order valence-electron chi connectivity index (χ0n) is 31.0. The first-order valence-electron chi connectivity index (χ1n) is 18.1. The predicted octanol–water partition coefficient (Wildman–Crippen LogP) is 8.87. The minimum atomic E-state index is -0.749. The van der Waals surface area contributed by atoms with Crippen LogP contribution in [0, 0.1) is 35.5 Å². The van der Waals surface area contributed by atoms with Crippen molar-refractivity contribution in [3.05, 3.63) is 91.1 Å². The molecule has 0 amide bonds. The van der Waals surface area contributed by atoms with Crippen molar-refractivity contribution in [1.82, 2.24) is 0 Å². The summed E-state index contributed by atoms with van der Waals surface area (Å²) < 4.78 is 25.3. The second-order valence-electron chi connectivity index (χ2n) is 14.9. The molecule has 0 radical (unpaired) electrons. The topological polar surface area (TPSA) is 94.5 Å².